The van der Waals surface area contributed by atoms with E-state index in [2.05, 4.69) is 49.6 Å². The van der Waals surface area contributed by atoms with Gasteiger partial charge in [0.1, 0.15) is 11.4 Å². The van der Waals surface area contributed by atoms with Gasteiger partial charge >= 0.3 is 0 Å². The van der Waals surface area contributed by atoms with E-state index in [1.54, 1.807) is 0 Å². The van der Waals surface area contributed by atoms with Crippen LogP contribution in [0.15, 0.2) is 12.1 Å². The number of hydrogen-bond acceptors (Lipinski definition) is 6. The van der Waals surface area contributed by atoms with E-state index in [-0.39, 0.29) is 5.60 Å². The van der Waals surface area contributed by atoms with Crippen LogP contribution in [0.2, 0.25) is 0 Å². The third kappa shape index (κ3) is 4.48. The summed E-state index contributed by atoms with van der Waals surface area (Å²) in [5, 5.41) is 0. The molecule has 0 radical (unpaired) electrons. The van der Waals surface area contributed by atoms with Gasteiger partial charge in [-0.15, -0.1) is 0 Å². The quantitative estimate of drug-likeness (QED) is 0.833. The lowest BCUT2D eigenvalue weighted by molar-refractivity contribution is 0.0986. The van der Waals surface area contributed by atoms with Gasteiger partial charge in [0.05, 0.1) is 13.2 Å². The molecule has 1 atom stereocenters. The topological polar surface area (TPSA) is 37.8 Å². The van der Waals surface area contributed by atoms with E-state index in [4.69, 9.17) is 14.5 Å². The summed E-state index contributed by atoms with van der Waals surface area (Å²) in [7, 11) is 0. The maximum absolute atomic E-state index is 6.10. The molecule has 0 spiro atoms. The van der Waals surface area contributed by atoms with Gasteiger partial charge in [-0.25, -0.2) is 0 Å². The second-order valence-electron chi connectivity index (χ2n) is 7.45. The Bertz CT molecular complexity index is 556. The zero-order valence-electron chi connectivity index (χ0n) is 15.2. The predicted molar refractivity (Wildman–Crippen MR) is 102 cm³/mol. The molecule has 0 bridgehead atoms. The number of ether oxygens (including phenoxy) is 2. The van der Waals surface area contributed by atoms with Crippen molar-refractivity contribution in [2.45, 2.75) is 39.3 Å². The number of anilines is 2. The highest BCUT2D eigenvalue weighted by Gasteiger charge is 2.23. The first kappa shape index (κ1) is 17.7. The Morgan fingerprint density at radius 1 is 1.21 bits per heavy atom. The Balaban J connectivity index is 1.92. The van der Waals surface area contributed by atoms with E-state index < -0.39 is 0 Å². The van der Waals surface area contributed by atoms with Crippen LogP contribution in [0.4, 0.5) is 11.5 Å². The summed E-state index contributed by atoms with van der Waals surface area (Å²) in [6.07, 6.45) is 0. The number of hydrogen-bond donors (Lipinski definition) is 0. The fourth-order valence-electron chi connectivity index (χ4n) is 3.07. The molecule has 0 unspecified atom stereocenters. The maximum Gasteiger partial charge on any atom is 0.217 e. The first-order valence-electron chi connectivity index (χ1n) is 8.80. The summed E-state index contributed by atoms with van der Waals surface area (Å²) in [5.74, 6) is 4.07. The monoisotopic (exact) mass is 351 g/mol. The SMILES string of the molecule is C[C@@H]1COCCN1c1cc(OC(C)(C)C)nc(N2CCSCC2)c1. The minimum atomic E-state index is -0.253. The van der Waals surface area contributed by atoms with E-state index in [9.17, 15) is 0 Å². The minimum absolute atomic E-state index is 0.253. The number of aromatic nitrogens is 1. The largest absolute Gasteiger partial charge is 0.472 e. The van der Waals surface area contributed by atoms with Gasteiger partial charge < -0.3 is 19.3 Å². The Morgan fingerprint density at radius 3 is 2.62 bits per heavy atom. The Hall–Kier alpha value is -1.14. The van der Waals surface area contributed by atoms with Gasteiger partial charge in [0.25, 0.3) is 0 Å². The molecule has 2 fully saturated rings. The fraction of sp³-hybridized carbons (Fsp3) is 0.722. The van der Waals surface area contributed by atoms with Crippen molar-refractivity contribution in [1.29, 1.82) is 0 Å². The highest BCUT2D eigenvalue weighted by molar-refractivity contribution is 7.99. The van der Waals surface area contributed by atoms with Crippen molar-refractivity contribution >= 4 is 23.3 Å². The number of morpholine rings is 1. The van der Waals surface area contributed by atoms with Crippen molar-refractivity contribution in [3.05, 3.63) is 12.1 Å². The van der Waals surface area contributed by atoms with Gasteiger partial charge in [-0.2, -0.15) is 16.7 Å². The van der Waals surface area contributed by atoms with Crippen molar-refractivity contribution in [3.8, 4) is 5.88 Å². The van der Waals surface area contributed by atoms with Gasteiger partial charge in [-0.3, -0.25) is 0 Å². The molecule has 0 aliphatic carbocycles. The molecule has 2 saturated heterocycles. The van der Waals surface area contributed by atoms with E-state index >= 15 is 0 Å². The molecule has 3 heterocycles. The minimum Gasteiger partial charge on any atom is -0.472 e. The van der Waals surface area contributed by atoms with E-state index in [0.29, 0.717) is 11.9 Å². The van der Waals surface area contributed by atoms with Crippen molar-refractivity contribution < 1.29 is 9.47 Å². The highest BCUT2D eigenvalue weighted by Crippen LogP contribution is 2.30. The Labute approximate surface area is 149 Å². The smallest absolute Gasteiger partial charge is 0.217 e. The van der Waals surface area contributed by atoms with Crippen LogP contribution in [0, 0.1) is 0 Å². The van der Waals surface area contributed by atoms with Gasteiger partial charge in [-0.05, 0) is 27.7 Å². The lowest BCUT2D eigenvalue weighted by Gasteiger charge is -2.36. The molecule has 3 rings (SSSR count). The van der Waals surface area contributed by atoms with Gasteiger partial charge in [0, 0.05) is 55.0 Å². The number of pyridine rings is 1. The van der Waals surface area contributed by atoms with E-state index in [1.807, 2.05) is 11.8 Å². The fourth-order valence-corrected chi connectivity index (χ4v) is 3.98. The second-order valence-corrected chi connectivity index (χ2v) is 8.68. The standard InChI is InChI=1S/C18H29N3O2S/c1-14-13-22-8-5-21(14)15-11-16(20-6-9-24-10-7-20)19-17(12-15)23-18(2,3)4/h11-12,14H,5-10,13H2,1-4H3/t14-/m1/s1. The van der Waals surface area contributed by atoms with E-state index in [0.717, 1.165) is 50.2 Å². The highest BCUT2D eigenvalue weighted by atomic mass is 32.2. The maximum atomic E-state index is 6.10. The Kier molecular flexibility index (Phi) is 5.45. The van der Waals surface area contributed by atoms with Crippen LogP contribution >= 0.6 is 11.8 Å². The molecule has 24 heavy (non-hydrogen) atoms. The molecule has 2 aliphatic rings. The molecule has 0 aromatic carbocycles. The zero-order valence-corrected chi connectivity index (χ0v) is 16.1. The molecule has 0 saturated carbocycles. The molecule has 5 nitrogen and oxygen atoms in total. The lowest BCUT2D eigenvalue weighted by Crippen LogP contribution is -2.44. The molecule has 0 amide bonds. The van der Waals surface area contributed by atoms with Crippen molar-refractivity contribution in [3.63, 3.8) is 0 Å². The molecular weight excluding hydrogens is 322 g/mol. The normalized spacial score (nSPS) is 22.6. The van der Waals surface area contributed by atoms with Crippen molar-refractivity contribution in [1.82, 2.24) is 4.98 Å². The molecule has 134 valence electrons. The summed E-state index contributed by atoms with van der Waals surface area (Å²) in [6, 6.07) is 4.66. The summed E-state index contributed by atoms with van der Waals surface area (Å²) in [5.41, 5.74) is 0.936. The predicted octanol–water partition coefficient (Wildman–Crippen LogP) is 3.04. The van der Waals surface area contributed by atoms with Crippen LogP contribution in [-0.4, -0.2) is 61.0 Å². The van der Waals surface area contributed by atoms with Crippen LogP contribution in [-0.2, 0) is 4.74 Å². The van der Waals surface area contributed by atoms with Crippen LogP contribution in [0.5, 0.6) is 5.88 Å². The van der Waals surface area contributed by atoms with Crippen LogP contribution < -0.4 is 14.5 Å². The van der Waals surface area contributed by atoms with Gasteiger partial charge in [0.15, 0.2) is 0 Å². The number of nitrogens with zero attached hydrogens (tertiary/aromatic N) is 3. The average molecular weight is 352 g/mol. The summed E-state index contributed by atoms with van der Waals surface area (Å²) in [4.78, 5) is 9.58. The summed E-state index contributed by atoms with van der Waals surface area (Å²) >= 11 is 2.01. The van der Waals surface area contributed by atoms with Crippen LogP contribution in [0.3, 0.4) is 0 Å². The van der Waals surface area contributed by atoms with Crippen molar-refractivity contribution in [2.24, 2.45) is 0 Å². The zero-order chi connectivity index (χ0) is 17.2. The van der Waals surface area contributed by atoms with Crippen LogP contribution in [0.1, 0.15) is 27.7 Å². The molecule has 0 N–H and O–H groups in total. The van der Waals surface area contributed by atoms with Gasteiger partial charge in [-0.1, -0.05) is 0 Å². The van der Waals surface area contributed by atoms with E-state index in [1.165, 1.54) is 5.69 Å². The number of rotatable bonds is 3. The average Bonchev–Trinajstić information content (AvgIpc) is 2.54. The second kappa shape index (κ2) is 7.40. The Morgan fingerprint density at radius 2 is 1.96 bits per heavy atom. The molecular formula is C18H29N3O2S. The van der Waals surface area contributed by atoms with Crippen molar-refractivity contribution in [2.75, 3.05) is 54.2 Å². The third-order valence-corrected chi connectivity index (χ3v) is 5.16. The molecule has 2 aliphatic heterocycles. The van der Waals surface area contributed by atoms with Gasteiger partial charge in [0.2, 0.25) is 5.88 Å². The first-order valence-corrected chi connectivity index (χ1v) is 9.96. The summed E-state index contributed by atoms with van der Waals surface area (Å²) in [6.45, 7) is 13.0. The van der Waals surface area contributed by atoms with Crippen LogP contribution in [0.25, 0.3) is 0 Å². The molecule has 1 aromatic heterocycles. The third-order valence-electron chi connectivity index (χ3n) is 4.22. The molecule has 6 heteroatoms. The number of thioether (sulfide) groups is 1. The lowest BCUT2D eigenvalue weighted by atomic mass is 10.2. The first-order chi connectivity index (χ1) is 11.4. The summed E-state index contributed by atoms with van der Waals surface area (Å²) < 4.78 is 11.7. The molecule has 1 aromatic rings.